The number of carbonyl (C=O) groups is 1. The van der Waals surface area contributed by atoms with Gasteiger partial charge in [0.15, 0.2) is 10.7 Å². The minimum absolute atomic E-state index is 0.107. The van der Waals surface area contributed by atoms with Crippen molar-refractivity contribution in [2.45, 2.75) is 11.9 Å². The number of H-pyrrole nitrogens is 1. The third-order valence-electron chi connectivity index (χ3n) is 4.15. The van der Waals surface area contributed by atoms with Gasteiger partial charge in [-0.1, -0.05) is 0 Å². The van der Waals surface area contributed by atoms with Crippen LogP contribution in [-0.4, -0.2) is 45.3 Å². The number of aromatic nitrogens is 2. The Labute approximate surface area is 179 Å². The molecule has 3 N–H and O–H groups in total. The standard InChI is InChI=1S/C20H22N4O6S/c1-4-30-14-7-5-13(6-8-14)24-31(26,27)19-12-17(22-23-19)20(25)21-16-10-9-15(28-2)11-18(16)29-3/h5-12,24H,4H2,1-3H3,(H,21,25)(H,22,23). The topological polar surface area (TPSA) is 132 Å². The Morgan fingerprint density at radius 2 is 1.74 bits per heavy atom. The van der Waals surface area contributed by atoms with E-state index >= 15 is 0 Å². The molecule has 0 spiro atoms. The van der Waals surface area contributed by atoms with E-state index < -0.39 is 15.9 Å². The van der Waals surface area contributed by atoms with Gasteiger partial charge in [0.05, 0.1) is 26.5 Å². The Balaban J connectivity index is 1.73. The number of rotatable bonds is 9. The van der Waals surface area contributed by atoms with E-state index in [2.05, 4.69) is 20.2 Å². The molecule has 3 aromatic rings. The molecule has 164 valence electrons. The number of methoxy groups -OCH3 is 2. The number of benzene rings is 2. The lowest BCUT2D eigenvalue weighted by molar-refractivity contribution is 0.102. The maximum absolute atomic E-state index is 12.6. The van der Waals surface area contributed by atoms with Crippen LogP contribution in [0.4, 0.5) is 11.4 Å². The first kappa shape index (κ1) is 22.0. The van der Waals surface area contributed by atoms with Crippen molar-refractivity contribution in [3.8, 4) is 17.2 Å². The summed E-state index contributed by atoms with van der Waals surface area (Å²) >= 11 is 0. The SMILES string of the molecule is CCOc1ccc(NS(=O)(=O)c2cc(C(=O)Nc3ccc(OC)cc3OC)n[nH]2)cc1. The van der Waals surface area contributed by atoms with Crippen LogP contribution in [0.3, 0.4) is 0 Å². The zero-order chi connectivity index (χ0) is 22.4. The van der Waals surface area contributed by atoms with E-state index in [0.717, 1.165) is 6.07 Å². The lowest BCUT2D eigenvalue weighted by atomic mass is 10.2. The lowest BCUT2D eigenvalue weighted by Crippen LogP contribution is -2.14. The van der Waals surface area contributed by atoms with Crippen LogP contribution in [0.1, 0.15) is 17.4 Å². The lowest BCUT2D eigenvalue weighted by Gasteiger charge is -2.10. The number of nitrogens with zero attached hydrogens (tertiary/aromatic N) is 1. The monoisotopic (exact) mass is 446 g/mol. The average molecular weight is 446 g/mol. The van der Waals surface area contributed by atoms with Crippen LogP contribution < -0.4 is 24.2 Å². The number of ether oxygens (including phenoxy) is 3. The predicted molar refractivity (Wildman–Crippen MR) is 115 cm³/mol. The van der Waals surface area contributed by atoms with Crippen molar-refractivity contribution in [3.05, 3.63) is 54.2 Å². The van der Waals surface area contributed by atoms with Gasteiger partial charge in [0.25, 0.3) is 15.9 Å². The fourth-order valence-electron chi connectivity index (χ4n) is 2.64. The highest BCUT2D eigenvalue weighted by Gasteiger charge is 2.21. The fourth-order valence-corrected chi connectivity index (χ4v) is 3.63. The minimum Gasteiger partial charge on any atom is -0.497 e. The highest BCUT2D eigenvalue weighted by molar-refractivity contribution is 7.92. The van der Waals surface area contributed by atoms with Crippen molar-refractivity contribution >= 4 is 27.3 Å². The summed E-state index contributed by atoms with van der Waals surface area (Å²) < 4.78 is 43.3. The second-order valence-electron chi connectivity index (χ2n) is 6.20. The Morgan fingerprint density at radius 3 is 2.39 bits per heavy atom. The molecule has 0 bridgehead atoms. The van der Waals surface area contributed by atoms with E-state index in [1.54, 1.807) is 42.5 Å². The maximum Gasteiger partial charge on any atom is 0.278 e. The van der Waals surface area contributed by atoms with Crippen molar-refractivity contribution in [1.29, 1.82) is 0 Å². The molecule has 31 heavy (non-hydrogen) atoms. The molecule has 1 amide bonds. The molecule has 0 aliphatic heterocycles. The molecule has 0 saturated carbocycles. The molecule has 11 heteroatoms. The van der Waals surface area contributed by atoms with E-state index in [1.165, 1.54) is 14.2 Å². The fraction of sp³-hybridized carbons (Fsp3) is 0.200. The van der Waals surface area contributed by atoms with Gasteiger partial charge < -0.3 is 19.5 Å². The number of hydrogen-bond acceptors (Lipinski definition) is 7. The van der Waals surface area contributed by atoms with Gasteiger partial charge in [-0.2, -0.15) is 13.5 Å². The smallest absolute Gasteiger partial charge is 0.278 e. The first-order valence-corrected chi connectivity index (χ1v) is 10.7. The van der Waals surface area contributed by atoms with Gasteiger partial charge in [-0.3, -0.25) is 14.6 Å². The number of amides is 1. The molecule has 0 fully saturated rings. The molecule has 0 saturated heterocycles. The first-order chi connectivity index (χ1) is 14.9. The summed E-state index contributed by atoms with van der Waals surface area (Å²) in [4.78, 5) is 12.5. The second-order valence-corrected chi connectivity index (χ2v) is 7.85. The molecule has 0 aliphatic carbocycles. The third-order valence-corrected chi connectivity index (χ3v) is 5.44. The van der Waals surface area contributed by atoms with Crippen LogP contribution in [0.15, 0.2) is 53.6 Å². The molecule has 0 radical (unpaired) electrons. The van der Waals surface area contributed by atoms with E-state index in [-0.39, 0.29) is 10.7 Å². The summed E-state index contributed by atoms with van der Waals surface area (Å²) in [6, 6.07) is 12.4. The van der Waals surface area contributed by atoms with Crippen molar-refractivity contribution in [2.24, 2.45) is 0 Å². The molecule has 3 rings (SSSR count). The second kappa shape index (κ2) is 9.39. The van der Waals surface area contributed by atoms with Gasteiger partial charge >= 0.3 is 0 Å². The zero-order valence-corrected chi connectivity index (χ0v) is 17.9. The number of nitrogens with one attached hydrogen (secondary N) is 3. The van der Waals surface area contributed by atoms with Crippen LogP contribution in [0.2, 0.25) is 0 Å². The van der Waals surface area contributed by atoms with Gasteiger partial charge in [0.2, 0.25) is 0 Å². The van der Waals surface area contributed by atoms with Crippen LogP contribution in [0.5, 0.6) is 17.2 Å². The predicted octanol–water partition coefficient (Wildman–Crippen LogP) is 2.88. The van der Waals surface area contributed by atoms with Gasteiger partial charge in [0, 0.05) is 17.8 Å². The summed E-state index contributed by atoms with van der Waals surface area (Å²) in [6.45, 7) is 2.36. The molecular formula is C20H22N4O6S. The number of carbonyl (C=O) groups excluding carboxylic acids is 1. The van der Waals surface area contributed by atoms with E-state index in [0.29, 0.717) is 35.2 Å². The van der Waals surface area contributed by atoms with Gasteiger partial charge in [0.1, 0.15) is 17.2 Å². The molecule has 10 nitrogen and oxygen atoms in total. The number of aromatic amines is 1. The highest BCUT2D eigenvalue weighted by atomic mass is 32.2. The van der Waals surface area contributed by atoms with E-state index in [4.69, 9.17) is 14.2 Å². The summed E-state index contributed by atoms with van der Waals surface area (Å²) in [5.41, 5.74) is 0.616. The molecule has 0 atom stereocenters. The van der Waals surface area contributed by atoms with E-state index in [1.807, 2.05) is 6.92 Å². The quantitative estimate of drug-likeness (QED) is 0.460. The highest BCUT2D eigenvalue weighted by Crippen LogP contribution is 2.29. The van der Waals surface area contributed by atoms with Crippen molar-refractivity contribution in [3.63, 3.8) is 0 Å². The number of sulfonamides is 1. The van der Waals surface area contributed by atoms with E-state index in [9.17, 15) is 13.2 Å². The maximum atomic E-state index is 12.6. The Kier molecular flexibility index (Phi) is 6.65. The molecule has 0 unspecified atom stereocenters. The normalized spacial score (nSPS) is 10.9. The van der Waals surface area contributed by atoms with Crippen molar-refractivity contribution in [2.75, 3.05) is 30.9 Å². The first-order valence-electron chi connectivity index (χ1n) is 9.20. The molecule has 0 aliphatic rings. The van der Waals surface area contributed by atoms with Crippen molar-refractivity contribution < 1.29 is 27.4 Å². The summed E-state index contributed by atoms with van der Waals surface area (Å²) in [7, 11) is -1.01. The number of hydrogen-bond donors (Lipinski definition) is 3. The van der Waals surface area contributed by atoms with Gasteiger partial charge in [-0.25, -0.2) is 0 Å². The Morgan fingerprint density at radius 1 is 1.03 bits per heavy atom. The molecule has 1 aromatic heterocycles. The van der Waals surface area contributed by atoms with Gasteiger partial charge in [-0.15, -0.1) is 0 Å². The molecular weight excluding hydrogens is 424 g/mol. The largest absolute Gasteiger partial charge is 0.497 e. The molecule has 1 heterocycles. The third kappa shape index (κ3) is 5.25. The summed E-state index contributed by atoms with van der Waals surface area (Å²) in [5, 5.41) is 8.55. The molecule has 2 aromatic carbocycles. The summed E-state index contributed by atoms with van der Waals surface area (Å²) in [6.07, 6.45) is 0. The van der Waals surface area contributed by atoms with Crippen LogP contribution in [0, 0.1) is 0 Å². The number of anilines is 2. The van der Waals surface area contributed by atoms with Gasteiger partial charge in [-0.05, 0) is 43.3 Å². The average Bonchev–Trinajstić information content (AvgIpc) is 3.27. The van der Waals surface area contributed by atoms with Crippen molar-refractivity contribution in [1.82, 2.24) is 10.2 Å². The Hall–Kier alpha value is -3.73. The van der Waals surface area contributed by atoms with Crippen LogP contribution >= 0.6 is 0 Å². The summed E-state index contributed by atoms with van der Waals surface area (Å²) in [5.74, 6) is 0.957. The Bertz CT molecular complexity index is 1160. The zero-order valence-electron chi connectivity index (χ0n) is 17.1. The minimum atomic E-state index is -3.98. The van der Waals surface area contributed by atoms with Crippen LogP contribution in [0.25, 0.3) is 0 Å². The van der Waals surface area contributed by atoms with Crippen LogP contribution in [-0.2, 0) is 10.0 Å².